The molecule has 0 aromatic carbocycles. The van der Waals surface area contributed by atoms with Gasteiger partial charge in [-0.25, -0.2) is 0 Å². The molecule has 0 saturated heterocycles. The number of carbonyl (C=O) groups is 1. The van der Waals surface area contributed by atoms with Crippen LogP contribution in [-0.2, 0) is 9.53 Å². The monoisotopic (exact) mass is 256 g/mol. The van der Waals surface area contributed by atoms with Crippen molar-refractivity contribution < 1.29 is 9.53 Å². The number of rotatable bonds is 10. The van der Waals surface area contributed by atoms with Gasteiger partial charge < -0.3 is 10.1 Å². The molecule has 1 fully saturated rings. The summed E-state index contributed by atoms with van der Waals surface area (Å²) in [4.78, 5) is 14.1. The van der Waals surface area contributed by atoms with Crippen LogP contribution in [-0.4, -0.2) is 49.7 Å². The van der Waals surface area contributed by atoms with Gasteiger partial charge in [-0.3, -0.25) is 9.69 Å². The van der Waals surface area contributed by atoms with Gasteiger partial charge in [-0.05, 0) is 25.8 Å². The molecular weight excluding hydrogens is 228 g/mol. The first kappa shape index (κ1) is 15.4. The van der Waals surface area contributed by atoms with Crippen LogP contribution >= 0.6 is 0 Å². The quantitative estimate of drug-likeness (QED) is 0.605. The van der Waals surface area contributed by atoms with E-state index in [9.17, 15) is 4.79 Å². The Morgan fingerprint density at radius 1 is 1.44 bits per heavy atom. The maximum atomic E-state index is 11.6. The van der Waals surface area contributed by atoms with Crippen molar-refractivity contribution in [3.63, 3.8) is 0 Å². The summed E-state index contributed by atoms with van der Waals surface area (Å²) in [5, 5.41) is 3.34. The maximum Gasteiger partial charge on any atom is 0.322 e. The summed E-state index contributed by atoms with van der Waals surface area (Å²) < 4.78 is 4.84. The SMILES string of the molecule is CCCCC(NCCN(CC)C1CC1)C(=O)OC. The fourth-order valence-electron chi connectivity index (χ4n) is 2.27. The number of nitrogens with zero attached hydrogens (tertiary/aromatic N) is 1. The molecule has 0 spiro atoms. The van der Waals surface area contributed by atoms with E-state index in [1.807, 2.05) is 0 Å². The van der Waals surface area contributed by atoms with Gasteiger partial charge >= 0.3 is 5.97 Å². The topological polar surface area (TPSA) is 41.6 Å². The zero-order valence-corrected chi connectivity index (χ0v) is 12.1. The lowest BCUT2D eigenvalue weighted by molar-refractivity contribution is -0.143. The summed E-state index contributed by atoms with van der Waals surface area (Å²) in [5.41, 5.74) is 0. The minimum absolute atomic E-state index is 0.127. The molecule has 0 aromatic rings. The summed E-state index contributed by atoms with van der Waals surface area (Å²) >= 11 is 0. The van der Waals surface area contributed by atoms with Gasteiger partial charge in [0.25, 0.3) is 0 Å². The number of unbranched alkanes of at least 4 members (excludes halogenated alkanes) is 1. The summed E-state index contributed by atoms with van der Waals surface area (Å²) in [6.07, 6.45) is 5.72. The first-order valence-corrected chi connectivity index (χ1v) is 7.28. The van der Waals surface area contributed by atoms with Crippen molar-refractivity contribution in [2.75, 3.05) is 26.7 Å². The molecule has 0 radical (unpaired) electrons. The van der Waals surface area contributed by atoms with Crippen LogP contribution in [0.4, 0.5) is 0 Å². The predicted octanol–water partition coefficient (Wildman–Crippen LogP) is 1.79. The highest BCUT2D eigenvalue weighted by atomic mass is 16.5. The van der Waals surface area contributed by atoms with Gasteiger partial charge in [0, 0.05) is 19.1 Å². The lowest BCUT2D eigenvalue weighted by Crippen LogP contribution is -2.42. The number of carbonyl (C=O) groups excluding carboxylic acids is 1. The molecule has 1 saturated carbocycles. The molecule has 1 rings (SSSR count). The molecule has 1 aliphatic carbocycles. The minimum atomic E-state index is -0.132. The largest absolute Gasteiger partial charge is 0.468 e. The van der Waals surface area contributed by atoms with Crippen molar-refractivity contribution in [1.82, 2.24) is 10.2 Å². The molecule has 4 nitrogen and oxygen atoms in total. The second-order valence-corrected chi connectivity index (χ2v) is 5.03. The number of hydrogen-bond donors (Lipinski definition) is 1. The first-order chi connectivity index (χ1) is 8.72. The van der Waals surface area contributed by atoms with Crippen LogP contribution in [0.3, 0.4) is 0 Å². The predicted molar refractivity (Wildman–Crippen MR) is 73.6 cm³/mol. The minimum Gasteiger partial charge on any atom is -0.468 e. The second-order valence-electron chi connectivity index (χ2n) is 5.03. The summed E-state index contributed by atoms with van der Waals surface area (Å²) in [7, 11) is 1.46. The number of esters is 1. The third-order valence-corrected chi connectivity index (χ3v) is 3.59. The van der Waals surface area contributed by atoms with Crippen LogP contribution < -0.4 is 5.32 Å². The number of ether oxygens (including phenoxy) is 1. The molecule has 106 valence electrons. The molecule has 1 N–H and O–H groups in total. The van der Waals surface area contributed by atoms with Gasteiger partial charge in [0.2, 0.25) is 0 Å². The molecule has 1 aliphatic rings. The van der Waals surface area contributed by atoms with Crippen LogP contribution in [0.5, 0.6) is 0 Å². The van der Waals surface area contributed by atoms with Gasteiger partial charge in [0.1, 0.15) is 6.04 Å². The molecular formula is C14H28N2O2. The zero-order valence-electron chi connectivity index (χ0n) is 12.1. The van der Waals surface area contributed by atoms with Crippen LogP contribution in [0.25, 0.3) is 0 Å². The van der Waals surface area contributed by atoms with Crippen molar-refractivity contribution in [3.05, 3.63) is 0 Å². The standard InChI is InChI=1S/C14H28N2O2/c1-4-6-7-13(14(17)18-3)15-10-11-16(5-2)12-8-9-12/h12-13,15H,4-11H2,1-3H3. The van der Waals surface area contributed by atoms with Gasteiger partial charge in [-0.2, -0.15) is 0 Å². The Balaban J connectivity index is 2.24. The molecule has 0 amide bonds. The Morgan fingerprint density at radius 2 is 2.17 bits per heavy atom. The van der Waals surface area contributed by atoms with Crippen molar-refractivity contribution in [3.8, 4) is 0 Å². The van der Waals surface area contributed by atoms with E-state index in [1.165, 1.54) is 20.0 Å². The van der Waals surface area contributed by atoms with Crippen molar-refractivity contribution in [2.24, 2.45) is 0 Å². The Hall–Kier alpha value is -0.610. The average molecular weight is 256 g/mol. The number of methoxy groups -OCH3 is 1. The molecule has 0 bridgehead atoms. The highest BCUT2D eigenvalue weighted by Gasteiger charge is 2.27. The van der Waals surface area contributed by atoms with Gasteiger partial charge in [0.15, 0.2) is 0 Å². The normalized spacial score (nSPS) is 16.9. The Kier molecular flexibility index (Phi) is 7.28. The number of hydrogen-bond acceptors (Lipinski definition) is 4. The Labute approximate surface area is 111 Å². The van der Waals surface area contributed by atoms with Crippen LogP contribution in [0, 0.1) is 0 Å². The summed E-state index contributed by atoms with van der Waals surface area (Å²) in [5.74, 6) is -0.127. The molecule has 0 aromatic heterocycles. The van der Waals surface area contributed by atoms with Crippen LogP contribution in [0.1, 0.15) is 46.0 Å². The van der Waals surface area contributed by atoms with E-state index in [4.69, 9.17) is 4.74 Å². The highest BCUT2D eigenvalue weighted by Crippen LogP contribution is 2.25. The highest BCUT2D eigenvalue weighted by molar-refractivity contribution is 5.75. The van der Waals surface area contributed by atoms with E-state index in [0.717, 1.165) is 44.9 Å². The fourth-order valence-corrected chi connectivity index (χ4v) is 2.27. The van der Waals surface area contributed by atoms with Crippen LogP contribution in [0.2, 0.25) is 0 Å². The lowest BCUT2D eigenvalue weighted by Gasteiger charge is -2.22. The lowest BCUT2D eigenvalue weighted by atomic mass is 10.1. The van der Waals surface area contributed by atoms with E-state index in [2.05, 4.69) is 24.1 Å². The van der Waals surface area contributed by atoms with E-state index >= 15 is 0 Å². The molecule has 0 heterocycles. The van der Waals surface area contributed by atoms with Crippen molar-refractivity contribution in [1.29, 1.82) is 0 Å². The number of nitrogens with one attached hydrogen (secondary N) is 1. The first-order valence-electron chi connectivity index (χ1n) is 7.28. The van der Waals surface area contributed by atoms with E-state index in [-0.39, 0.29) is 12.0 Å². The molecule has 4 heteroatoms. The third kappa shape index (κ3) is 5.36. The Morgan fingerprint density at radius 3 is 2.67 bits per heavy atom. The zero-order chi connectivity index (χ0) is 13.4. The molecule has 0 aliphatic heterocycles. The van der Waals surface area contributed by atoms with E-state index in [0.29, 0.717) is 0 Å². The van der Waals surface area contributed by atoms with Gasteiger partial charge in [-0.15, -0.1) is 0 Å². The molecule has 1 atom stereocenters. The molecule has 1 unspecified atom stereocenters. The Bertz CT molecular complexity index is 242. The number of likely N-dealkylation sites (N-methyl/N-ethyl adjacent to an activating group) is 1. The smallest absolute Gasteiger partial charge is 0.322 e. The summed E-state index contributed by atoms with van der Waals surface area (Å²) in [6.45, 7) is 7.34. The van der Waals surface area contributed by atoms with Gasteiger partial charge in [0.05, 0.1) is 7.11 Å². The van der Waals surface area contributed by atoms with Crippen molar-refractivity contribution >= 4 is 5.97 Å². The van der Waals surface area contributed by atoms with E-state index < -0.39 is 0 Å². The van der Waals surface area contributed by atoms with Crippen LogP contribution in [0.15, 0.2) is 0 Å². The van der Waals surface area contributed by atoms with Gasteiger partial charge in [-0.1, -0.05) is 26.7 Å². The van der Waals surface area contributed by atoms with E-state index in [1.54, 1.807) is 0 Å². The molecule has 18 heavy (non-hydrogen) atoms. The second kappa shape index (κ2) is 8.48. The third-order valence-electron chi connectivity index (χ3n) is 3.59. The average Bonchev–Trinajstić information content (AvgIpc) is 3.21. The fraction of sp³-hybridized carbons (Fsp3) is 0.929. The van der Waals surface area contributed by atoms with Crippen molar-refractivity contribution in [2.45, 2.75) is 58.0 Å². The summed E-state index contributed by atoms with van der Waals surface area (Å²) in [6, 6.07) is 0.664. The maximum absolute atomic E-state index is 11.6.